The molecule has 0 aliphatic heterocycles. The maximum Gasteiger partial charge on any atom is 0.242 e. The summed E-state index contributed by atoms with van der Waals surface area (Å²) in [4.78, 5) is 13.1. The van der Waals surface area contributed by atoms with Gasteiger partial charge < -0.3 is 5.32 Å². The second kappa shape index (κ2) is 9.62. The van der Waals surface area contributed by atoms with E-state index in [9.17, 15) is 13.2 Å². The van der Waals surface area contributed by atoms with Crippen LogP contribution in [0.15, 0.2) is 77.7 Å². The molecule has 1 amide bonds. The fourth-order valence-electron chi connectivity index (χ4n) is 2.87. The van der Waals surface area contributed by atoms with Gasteiger partial charge in [-0.1, -0.05) is 59.6 Å². The van der Waals surface area contributed by atoms with E-state index >= 15 is 0 Å². The molecule has 156 valence electrons. The fraction of sp³-hybridized carbons (Fsp3) is 0.136. The van der Waals surface area contributed by atoms with Crippen LogP contribution in [-0.4, -0.2) is 20.4 Å². The molecule has 1 atom stereocenters. The standard InChI is InChI=1S/C22H20Cl2N2O3S/c1-15-19(24)8-5-9-20(15)25-22(27)21(14-16-6-3-2-4-7-16)26-30(28,29)18-12-10-17(23)11-13-18/h2-13,21,26H,14H2,1H3,(H,25,27). The molecule has 0 heterocycles. The van der Waals surface area contributed by atoms with Gasteiger partial charge in [-0.15, -0.1) is 0 Å². The number of anilines is 1. The number of halogens is 2. The van der Waals surface area contributed by atoms with Crippen LogP contribution in [0.1, 0.15) is 11.1 Å². The highest BCUT2D eigenvalue weighted by molar-refractivity contribution is 7.89. The van der Waals surface area contributed by atoms with E-state index < -0.39 is 22.0 Å². The Morgan fingerprint density at radius 3 is 2.27 bits per heavy atom. The van der Waals surface area contributed by atoms with Gasteiger partial charge in [0.05, 0.1) is 4.90 Å². The van der Waals surface area contributed by atoms with E-state index in [2.05, 4.69) is 10.0 Å². The molecule has 3 aromatic rings. The first-order valence-corrected chi connectivity index (χ1v) is 11.4. The van der Waals surface area contributed by atoms with E-state index in [4.69, 9.17) is 23.2 Å². The first-order valence-electron chi connectivity index (χ1n) is 9.14. The Kier molecular flexibility index (Phi) is 7.15. The third-order valence-electron chi connectivity index (χ3n) is 4.55. The van der Waals surface area contributed by atoms with E-state index in [-0.39, 0.29) is 11.3 Å². The first-order chi connectivity index (χ1) is 14.3. The molecule has 8 heteroatoms. The lowest BCUT2D eigenvalue weighted by molar-refractivity contribution is -0.117. The van der Waals surface area contributed by atoms with E-state index in [0.717, 1.165) is 5.56 Å². The average molecular weight is 463 g/mol. The Balaban J connectivity index is 1.88. The van der Waals surface area contributed by atoms with Gasteiger partial charge in [0.15, 0.2) is 0 Å². The van der Waals surface area contributed by atoms with E-state index in [1.165, 1.54) is 24.3 Å². The summed E-state index contributed by atoms with van der Waals surface area (Å²) in [5, 5.41) is 3.71. The van der Waals surface area contributed by atoms with Crippen molar-refractivity contribution in [2.75, 3.05) is 5.32 Å². The third-order valence-corrected chi connectivity index (χ3v) is 6.70. The largest absolute Gasteiger partial charge is 0.324 e. The van der Waals surface area contributed by atoms with Gasteiger partial charge in [0.2, 0.25) is 15.9 Å². The molecule has 0 bridgehead atoms. The monoisotopic (exact) mass is 462 g/mol. The van der Waals surface area contributed by atoms with Gasteiger partial charge in [0.25, 0.3) is 0 Å². The van der Waals surface area contributed by atoms with Gasteiger partial charge >= 0.3 is 0 Å². The van der Waals surface area contributed by atoms with Crippen molar-refractivity contribution in [3.63, 3.8) is 0 Å². The Morgan fingerprint density at radius 1 is 0.933 bits per heavy atom. The quantitative estimate of drug-likeness (QED) is 0.527. The number of nitrogens with one attached hydrogen (secondary N) is 2. The lowest BCUT2D eigenvalue weighted by Gasteiger charge is -2.20. The summed E-state index contributed by atoms with van der Waals surface area (Å²) in [7, 11) is -3.95. The van der Waals surface area contributed by atoms with Crippen molar-refractivity contribution in [2.45, 2.75) is 24.3 Å². The first kappa shape index (κ1) is 22.3. The number of hydrogen-bond donors (Lipinski definition) is 2. The minimum Gasteiger partial charge on any atom is -0.324 e. The number of carbonyl (C=O) groups excluding carboxylic acids is 1. The summed E-state index contributed by atoms with van der Waals surface area (Å²) in [5.41, 5.74) is 2.04. The van der Waals surface area contributed by atoms with Crippen LogP contribution >= 0.6 is 23.2 Å². The normalized spacial score (nSPS) is 12.4. The van der Waals surface area contributed by atoms with Gasteiger partial charge in [-0.3, -0.25) is 4.79 Å². The van der Waals surface area contributed by atoms with Crippen molar-refractivity contribution >= 4 is 44.8 Å². The van der Waals surface area contributed by atoms with Crippen LogP contribution in [0, 0.1) is 6.92 Å². The summed E-state index contributed by atoms with van der Waals surface area (Å²) in [6, 6.07) is 19.1. The van der Waals surface area contributed by atoms with Crippen molar-refractivity contribution in [2.24, 2.45) is 0 Å². The Labute approximate surface area is 186 Å². The highest BCUT2D eigenvalue weighted by atomic mass is 35.5. The molecule has 3 rings (SSSR count). The van der Waals surface area contributed by atoms with E-state index in [0.29, 0.717) is 21.3 Å². The lowest BCUT2D eigenvalue weighted by Crippen LogP contribution is -2.45. The van der Waals surface area contributed by atoms with Crippen LogP contribution in [0.2, 0.25) is 10.0 Å². The smallest absolute Gasteiger partial charge is 0.242 e. The number of carbonyl (C=O) groups is 1. The van der Waals surface area contributed by atoms with Gasteiger partial charge in [-0.25, -0.2) is 8.42 Å². The molecule has 0 saturated heterocycles. The van der Waals surface area contributed by atoms with Gasteiger partial charge in [-0.05, 0) is 60.9 Å². The summed E-state index contributed by atoms with van der Waals surface area (Å²) in [6.45, 7) is 1.78. The predicted molar refractivity (Wildman–Crippen MR) is 121 cm³/mol. The highest BCUT2D eigenvalue weighted by Gasteiger charge is 2.26. The fourth-order valence-corrected chi connectivity index (χ4v) is 4.37. The van der Waals surface area contributed by atoms with Crippen molar-refractivity contribution in [1.82, 2.24) is 4.72 Å². The maximum atomic E-state index is 13.0. The SMILES string of the molecule is Cc1c(Cl)cccc1NC(=O)C(Cc1ccccc1)NS(=O)(=O)c1ccc(Cl)cc1. The summed E-state index contributed by atoms with van der Waals surface area (Å²) in [6.07, 6.45) is 0.180. The Hall–Kier alpha value is -2.38. The van der Waals surface area contributed by atoms with Crippen molar-refractivity contribution in [1.29, 1.82) is 0 Å². The minimum atomic E-state index is -3.95. The molecule has 0 aromatic heterocycles. The second-order valence-corrected chi connectivity index (χ2v) is 9.28. The third kappa shape index (κ3) is 5.61. The number of sulfonamides is 1. The van der Waals surface area contributed by atoms with Gasteiger partial charge in [0, 0.05) is 15.7 Å². The topological polar surface area (TPSA) is 75.3 Å². The van der Waals surface area contributed by atoms with Crippen molar-refractivity contribution < 1.29 is 13.2 Å². The molecule has 3 aromatic carbocycles. The summed E-state index contributed by atoms with van der Waals surface area (Å²) in [5.74, 6) is -0.484. The number of amides is 1. The van der Waals surface area contributed by atoms with Crippen LogP contribution in [0.4, 0.5) is 5.69 Å². The second-order valence-electron chi connectivity index (χ2n) is 6.72. The van der Waals surface area contributed by atoms with Gasteiger partial charge in [-0.2, -0.15) is 4.72 Å². The maximum absolute atomic E-state index is 13.0. The molecule has 0 saturated carbocycles. The zero-order chi connectivity index (χ0) is 21.7. The molecule has 5 nitrogen and oxygen atoms in total. The van der Waals surface area contributed by atoms with E-state index in [1.54, 1.807) is 25.1 Å². The van der Waals surface area contributed by atoms with Crippen molar-refractivity contribution in [3.05, 3.63) is 94.0 Å². The molecule has 2 N–H and O–H groups in total. The Morgan fingerprint density at radius 2 is 1.60 bits per heavy atom. The molecule has 30 heavy (non-hydrogen) atoms. The molecule has 0 radical (unpaired) electrons. The molecule has 0 spiro atoms. The van der Waals surface area contributed by atoms with Crippen LogP contribution in [0.5, 0.6) is 0 Å². The molecular weight excluding hydrogens is 443 g/mol. The van der Waals surface area contributed by atoms with Crippen LogP contribution in [0.3, 0.4) is 0 Å². The zero-order valence-corrected chi connectivity index (χ0v) is 18.4. The van der Waals surface area contributed by atoms with Crippen molar-refractivity contribution in [3.8, 4) is 0 Å². The molecule has 1 unspecified atom stereocenters. The zero-order valence-electron chi connectivity index (χ0n) is 16.1. The van der Waals surface area contributed by atoms with Crippen LogP contribution in [0.25, 0.3) is 0 Å². The number of benzene rings is 3. The molecule has 0 aliphatic rings. The number of rotatable bonds is 7. The lowest BCUT2D eigenvalue weighted by atomic mass is 10.1. The Bertz CT molecular complexity index is 1130. The highest BCUT2D eigenvalue weighted by Crippen LogP contribution is 2.23. The van der Waals surface area contributed by atoms with Crippen LogP contribution in [-0.2, 0) is 21.2 Å². The van der Waals surface area contributed by atoms with E-state index in [1.807, 2.05) is 30.3 Å². The molecule has 0 fully saturated rings. The van der Waals surface area contributed by atoms with Crippen LogP contribution < -0.4 is 10.0 Å². The predicted octanol–water partition coefficient (Wildman–Crippen LogP) is 4.83. The minimum absolute atomic E-state index is 0.0247. The summed E-state index contributed by atoms with van der Waals surface area (Å²) >= 11 is 12.0. The molecule has 0 aliphatic carbocycles. The van der Waals surface area contributed by atoms with Gasteiger partial charge in [0.1, 0.15) is 6.04 Å². The summed E-state index contributed by atoms with van der Waals surface area (Å²) < 4.78 is 28.2. The number of hydrogen-bond acceptors (Lipinski definition) is 3. The molecular formula is C22H20Cl2N2O3S. The average Bonchev–Trinajstić information content (AvgIpc) is 2.72.